The van der Waals surface area contributed by atoms with Gasteiger partial charge < -0.3 is 11.1 Å². The van der Waals surface area contributed by atoms with E-state index in [1.54, 1.807) is 0 Å². The molecule has 1 aromatic carbocycles. The highest BCUT2D eigenvalue weighted by Crippen LogP contribution is 2.33. The summed E-state index contributed by atoms with van der Waals surface area (Å²) in [6.45, 7) is 10.2. The van der Waals surface area contributed by atoms with Gasteiger partial charge in [0, 0.05) is 42.9 Å². The molecule has 120 valence electrons. The molecule has 1 aromatic rings. The molecule has 1 atom stereocenters. The van der Waals surface area contributed by atoms with Gasteiger partial charge in [-0.3, -0.25) is 4.90 Å². The molecule has 1 aliphatic heterocycles. The molecular formula is C15H24Cl3N3. The number of anilines is 1. The summed E-state index contributed by atoms with van der Waals surface area (Å²) in [5, 5.41) is 4.12. The van der Waals surface area contributed by atoms with Crippen LogP contribution >= 0.6 is 36.4 Å². The molecule has 0 spiro atoms. The molecule has 6 heteroatoms. The summed E-state index contributed by atoms with van der Waals surface area (Å²) in [7, 11) is 0. The van der Waals surface area contributed by atoms with Gasteiger partial charge in [-0.25, -0.2) is 0 Å². The second-order valence-corrected chi connectivity index (χ2v) is 5.67. The van der Waals surface area contributed by atoms with Gasteiger partial charge in [0.05, 0.1) is 0 Å². The monoisotopic (exact) mass is 351 g/mol. The first-order valence-electron chi connectivity index (χ1n) is 6.72. The molecule has 1 fully saturated rings. The molecule has 1 aliphatic rings. The molecule has 21 heavy (non-hydrogen) atoms. The molecule has 0 unspecified atom stereocenters. The second kappa shape index (κ2) is 9.54. The fourth-order valence-electron chi connectivity index (χ4n) is 2.59. The maximum atomic E-state index is 6.14. The highest BCUT2D eigenvalue weighted by molar-refractivity contribution is 6.30. The first-order chi connectivity index (χ1) is 9.08. The normalized spacial score (nSPS) is 16.5. The number of nitrogens with zero attached hydrogens (tertiary/aromatic N) is 1. The van der Waals surface area contributed by atoms with Crippen LogP contribution in [0.4, 0.5) is 5.69 Å². The van der Waals surface area contributed by atoms with Crippen molar-refractivity contribution in [2.24, 2.45) is 0 Å². The largest absolute Gasteiger partial charge is 0.398 e. The van der Waals surface area contributed by atoms with Gasteiger partial charge >= 0.3 is 0 Å². The minimum absolute atomic E-state index is 0. The Morgan fingerprint density at radius 3 is 2.57 bits per heavy atom. The Morgan fingerprint density at radius 1 is 1.38 bits per heavy atom. The van der Waals surface area contributed by atoms with Gasteiger partial charge in [0.2, 0.25) is 0 Å². The van der Waals surface area contributed by atoms with Gasteiger partial charge in [-0.15, -0.1) is 31.4 Å². The van der Waals surface area contributed by atoms with Crippen molar-refractivity contribution in [3.05, 3.63) is 40.9 Å². The highest BCUT2D eigenvalue weighted by Gasteiger charge is 2.23. The molecule has 0 radical (unpaired) electrons. The van der Waals surface area contributed by atoms with E-state index in [0.717, 1.165) is 48.9 Å². The van der Waals surface area contributed by atoms with Crippen LogP contribution in [0.3, 0.4) is 0 Å². The third-order valence-electron chi connectivity index (χ3n) is 3.54. The van der Waals surface area contributed by atoms with Crippen LogP contribution in [-0.2, 0) is 0 Å². The zero-order valence-corrected chi connectivity index (χ0v) is 14.7. The fourth-order valence-corrected chi connectivity index (χ4v) is 2.77. The zero-order valence-electron chi connectivity index (χ0n) is 12.3. The van der Waals surface area contributed by atoms with Gasteiger partial charge in [-0.05, 0) is 37.1 Å². The van der Waals surface area contributed by atoms with Crippen LogP contribution in [0.5, 0.6) is 0 Å². The summed E-state index contributed by atoms with van der Waals surface area (Å²) < 4.78 is 0. The molecular weight excluding hydrogens is 329 g/mol. The van der Waals surface area contributed by atoms with Gasteiger partial charge in [-0.2, -0.15) is 0 Å². The summed E-state index contributed by atoms with van der Waals surface area (Å²) in [6.07, 6.45) is 0.921. The molecule has 0 bridgehead atoms. The van der Waals surface area contributed by atoms with Crippen molar-refractivity contribution >= 4 is 42.1 Å². The lowest BCUT2D eigenvalue weighted by Gasteiger charge is -2.36. The molecule has 0 aromatic heterocycles. The van der Waals surface area contributed by atoms with E-state index in [-0.39, 0.29) is 30.9 Å². The molecule has 1 heterocycles. The summed E-state index contributed by atoms with van der Waals surface area (Å²) >= 11 is 6.13. The van der Waals surface area contributed by atoms with Crippen LogP contribution in [-0.4, -0.2) is 31.1 Å². The number of nitrogens with one attached hydrogen (secondary N) is 1. The standard InChI is InChI=1S/C15H22ClN3.2ClH/c1-11(2)9-15(19-7-5-18-6-8-19)13-10-12(16)3-4-14(13)17;;/h3-4,10,15,18H,1,5-9,17H2,2H3;2*1H/t15-;;/m0../s1. The number of halogens is 3. The Labute approximate surface area is 144 Å². The van der Waals surface area contributed by atoms with E-state index in [9.17, 15) is 0 Å². The van der Waals surface area contributed by atoms with Crippen molar-refractivity contribution < 1.29 is 0 Å². The lowest BCUT2D eigenvalue weighted by molar-refractivity contribution is 0.173. The third-order valence-corrected chi connectivity index (χ3v) is 3.78. The maximum Gasteiger partial charge on any atom is 0.0410 e. The predicted molar refractivity (Wildman–Crippen MR) is 97.0 cm³/mol. The number of benzene rings is 1. The Hall–Kier alpha value is -0.450. The number of nitrogens with two attached hydrogens (primary N) is 1. The first-order valence-corrected chi connectivity index (χ1v) is 7.10. The Balaban J connectivity index is 0.00000200. The van der Waals surface area contributed by atoms with E-state index < -0.39 is 0 Å². The highest BCUT2D eigenvalue weighted by atomic mass is 35.5. The molecule has 3 nitrogen and oxygen atoms in total. The number of rotatable bonds is 4. The predicted octanol–water partition coefficient (Wildman–Crippen LogP) is 3.68. The SMILES string of the molecule is C=C(C)C[C@@H](c1cc(Cl)ccc1N)N1CCNCC1.Cl.Cl. The fraction of sp³-hybridized carbons (Fsp3) is 0.467. The molecule has 0 amide bonds. The van der Waals surface area contributed by atoms with Crippen LogP contribution in [0.1, 0.15) is 24.9 Å². The lowest BCUT2D eigenvalue weighted by atomic mass is 9.96. The number of nitrogen functional groups attached to an aromatic ring is 1. The van der Waals surface area contributed by atoms with Crippen LogP contribution in [0, 0.1) is 0 Å². The lowest BCUT2D eigenvalue weighted by Crippen LogP contribution is -2.45. The van der Waals surface area contributed by atoms with Crippen molar-refractivity contribution in [3.63, 3.8) is 0 Å². The van der Waals surface area contributed by atoms with E-state index in [0.29, 0.717) is 0 Å². The van der Waals surface area contributed by atoms with E-state index in [1.165, 1.54) is 5.57 Å². The van der Waals surface area contributed by atoms with Gasteiger partial charge in [0.25, 0.3) is 0 Å². The van der Waals surface area contributed by atoms with Gasteiger partial charge in [0.1, 0.15) is 0 Å². The summed E-state index contributed by atoms with van der Waals surface area (Å²) in [5.74, 6) is 0. The minimum atomic E-state index is 0. The van der Waals surface area contributed by atoms with Crippen molar-refractivity contribution in [2.45, 2.75) is 19.4 Å². The topological polar surface area (TPSA) is 41.3 Å². The third kappa shape index (κ3) is 5.68. The van der Waals surface area contributed by atoms with E-state index in [4.69, 9.17) is 17.3 Å². The van der Waals surface area contributed by atoms with Gasteiger partial charge in [0.15, 0.2) is 0 Å². The number of hydrogen-bond donors (Lipinski definition) is 2. The van der Waals surface area contributed by atoms with Crippen LogP contribution in [0.2, 0.25) is 5.02 Å². The van der Waals surface area contributed by atoms with Crippen LogP contribution in [0.25, 0.3) is 0 Å². The Morgan fingerprint density at radius 2 is 2.00 bits per heavy atom. The van der Waals surface area contributed by atoms with Crippen LogP contribution in [0.15, 0.2) is 30.4 Å². The van der Waals surface area contributed by atoms with Crippen molar-refractivity contribution in [1.82, 2.24) is 10.2 Å². The smallest absolute Gasteiger partial charge is 0.0410 e. The second-order valence-electron chi connectivity index (χ2n) is 5.24. The summed E-state index contributed by atoms with van der Waals surface area (Å²) in [4.78, 5) is 2.47. The molecule has 1 saturated heterocycles. The van der Waals surface area contributed by atoms with E-state index >= 15 is 0 Å². The average molecular weight is 353 g/mol. The van der Waals surface area contributed by atoms with E-state index in [2.05, 4.69) is 23.7 Å². The van der Waals surface area contributed by atoms with Crippen molar-refractivity contribution in [1.29, 1.82) is 0 Å². The zero-order chi connectivity index (χ0) is 13.8. The summed E-state index contributed by atoms with van der Waals surface area (Å²) in [5.41, 5.74) is 9.25. The van der Waals surface area contributed by atoms with Crippen molar-refractivity contribution in [2.75, 3.05) is 31.9 Å². The molecule has 0 aliphatic carbocycles. The minimum Gasteiger partial charge on any atom is -0.398 e. The summed E-state index contributed by atoms with van der Waals surface area (Å²) in [6, 6.07) is 6.01. The quantitative estimate of drug-likeness (QED) is 0.641. The maximum absolute atomic E-state index is 6.14. The molecule has 3 N–H and O–H groups in total. The Bertz CT molecular complexity index is 459. The van der Waals surface area contributed by atoms with Gasteiger partial charge in [-0.1, -0.05) is 17.2 Å². The number of hydrogen-bond acceptors (Lipinski definition) is 3. The van der Waals surface area contributed by atoms with Crippen molar-refractivity contribution in [3.8, 4) is 0 Å². The molecule has 2 rings (SSSR count). The molecule has 0 saturated carbocycles. The average Bonchev–Trinajstić information content (AvgIpc) is 2.40. The first kappa shape index (κ1) is 20.6. The number of piperazine rings is 1. The van der Waals surface area contributed by atoms with Crippen LogP contribution < -0.4 is 11.1 Å². The van der Waals surface area contributed by atoms with E-state index in [1.807, 2.05) is 18.2 Å². The Kier molecular flexibility index (Phi) is 9.34.